The summed E-state index contributed by atoms with van der Waals surface area (Å²) in [5.74, 6) is 1.01. The molecule has 0 aromatic rings. The minimum atomic E-state index is -0.101. The van der Waals surface area contributed by atoms with Crippen molar-refractivity contribution in [1.29, 1.82) is 5.26 Å². The molecule has 3 unspecified atom stereocenters. The first-order chi connectivity index (χ1) is 6.54. The van der Waals surface area contributed by atoms with E-state index >= 15 is 0 Å². The second kappa shape index (κ2) is 3.08. The van der Waals surface area contributed by atoms with Crippen LogP contribution in [-0.4, -0.2) is 20.7 Å². The molecule has 0 aliphatic heterocycles. The number of fused-ring (bicyclic) bond motifs is 2. The van der Waals surface area contributed by atoms with Crippen LogP contribution in [0.15, 0.2) is 0 Å². The molecule has 2 bridgehead atoms. The minimum absolute atomic E-state index is 0.0587. The van der Waals surface area contributed by atoms with Crippen LogP contribution in [0.4, 0.5) is 0 Å². The molecule has 0 N–H and O–H groups in total. The van der Waals surface area contributed by atoms with Crippen molar-refractivity contribution in [2.24, 2.45) is 16.7 Å². The number of carbonyl (C=O) groups excluding carboxylic acids is 1. The third-order valence-electron chi connectivity index (χ3n) is 4.64. The van der Waals surface area contributed by atoms with E-state index in [4.69, 9.17) is 5.26 Å². The molecule has 0 spiro atoms. The Bertz CT molecular complexity index is 322. The van der Waals surface area contributed by atoms with E-state index < -0.39 is 0 Å². The molecule has 2 aliphatic rings. The number of nitriles is 1. The van der Waals surface area contributed by atoms with Gasteiger partial charge in [-0.05, 0) is 0 Å². The normalized spacial score (nSPS) is 45.5. The molecule has 3 atom stereocenters. The van der Waals surface area contributed by atoms with Gasteiger partial charge < -0.3 is 0 Å². The molecule has 2 saturated carbocycles. The fraction of sp³-hybridized carbons (Fsp3) is 0.818. The Hall–Kier alpha value is -0.321. The van der Waals surface area contributed by atoms with Gasteiger partial charge in [0.15, 0.2) is 0 Å². The van der Waals surface area contributed by atoms with E-state index in [1.165, 1.54) is 6.42 Å². The van der Waals surface area contributed by atoms with Crippen molar-refractivity contribution in [3.63, 3.8) is 0 Å². The van der Waals surface area contributed by atoms with Crippen LogP contribution in [0.5, 0.6) is 0 Å². The van der Waals surface area contributed by atoms with Gasteiger partial charge in [-0.3, -0.25) is 0 Å². The predicted molar refractivity (Wildman–Crippen MR) is 54.7 cm³/mol. The van der Waals surface area contributed by atoms with E-state index in [9.17, 15) is 4.79 Å². The number of hydrogen-bond acceptors (Lipinski definition) is 2. The van der Waals surface area contributed by atoms with Gasteiger partial charge in [-0.1, -0.05) is 0 Å². The number of Topliss-reactive ketones (excluding diaryl/α,β-unsaturated/α-hetero) is 1. The van der Waals surface area contributed by atoms with Gasteiger partial charge >= 0.3 is 90.9 Å². The molecule has 2 nitrogen and oxygen atoms in total. The topological polar surface area (TPSA) is 40.9 Å². The molecule has 0 aromatic heterocycles. The van der Waals surface area contributed by atoms with Crippen molar-refractivity contribution < 1.29 is 4.79 Å². The van der Waals surface area contributed by atoms with Gasteiger partial charge in [0, 0.05) is 0 Å². The zero-order chi connectivity index (χ0) is 10.4. The maximum atomic E-state index is 11.9. The molecule has 2 fully saturated rings. The maximum absolute atomic E-state index is 11.9. The number of ketones is 1. The Labute approximate surface area is 91.2 Å². The van der Waals surface area contributed by atoms with E-state index in [1.807, 2.05) is 0 Å². The molecule has 3 heteroatoms. The quantitative estimate of drug-likeness (QED) is 0.709. The average molecular weight is 256 g/mol. The van der Waals surface area contributed by atoms with Gasteiger partial charge in [0.05, 0.1) is 0 Å². The third-order valence-corrected chi connectivity index (χ3v) is 6.47. The van der Waals surface area contributed by atoms with Crippen molar-refractivity contribution in [3.8, 4) is 4.97 Å². The van der Waals surface area contributed by atoms with E-state index in [0.29, 0.717) is 11.7 Å². The fourth-order valence-electron chi connectivity index (χ4n) is 3.21. The summed E-state index contributed by atoms with van der Waals surface area (Å²) in [6, 6.07) is 0. The average Bonchev–Trinajstić information content (AvgIpc) is 2.50. The van der Waals surface area contributed by atoms with E-state index in [1.54, 1.807) is 0 Å². The van der Waals surface area contributed by atoms with Crippen LogP contribution in [0, 0.1) is 27.0 Å². The van der Waals surface area contributed by atoms with Gasteiger partial charge in [-0.25, -0.2) is 0 Å². The van der Waals surface area contributed by atoms with Crippen LogP contribution in [0.2, 0.25) is 5.32 Å². The first kappa shape index (κ1) is 10.2. The van der Waals surface area contributed by atoms with Crippen LogP contribution in [-0.2, 0) is 4.79 Å². The second-order valence-corrected chi connectivity index (χ2v) is 6.59. The summed E-state index contributed by atoms with van der Waals surface area (Å²) in [6.07, 6.45) is 3.02. The molecular formula is C11H15NOSe. The summed E-state index contributed by atoms with van der Waals surface area (Å²) >= 11 is 0.0587. The number of hydrogen-bond donors (Lipinski definition) is 0. The monoisotopic (exact) mass is 257 g/mol. The Morgan fingerprint density at radius 2 is 2.36 bits per heavy atom. The molecule has 0 heterocycles. The van der Waals surface area contributed by atoms with Gasteiger partial charge in [0.25, 0.3) is 0 Å². The van der Waals surface area contributed by atoms with E-state index in [-0.39, 0.29) is 25.8 Å². The molecule has 2 aliphatic carbocycles. The summed E-state index contributed by atoms with van der Waals surface area (Å²) in [7, 11) is 0. The second-order valence-electron chi connectivity index (χ2n) is 4.99. The van der Waals surface area contributed by atoms with Crippen LogP contribution < -0.4 is 0 Å². The number of rotatable bonds is 2. The summed E-state index contributed by atoms with van der Waals surface area (Å²) < 4.78 is 0. The van der Waals surface area contributed by atoms with Gasteiger partial charge in [-0.15, -0.1) is 0 Å². The summed E-state index contributed by atoms with van der Waals surface area (Å²) in [4.78, 5) is 14.1. The van der Waals surface area contributed by atoms with Crippen molar-refractivity contribution in [1.82, 2.24) is 0 Å². The number of nitrogens with zero attached hydrogens (tertiary/aromatic N) is 1. The Balaban J connectivity index is 2.28. The van der Waals surface area contributed by atoms with Crippen LogP contribution in [0.25, 0.3) is 0 Å². The summed E-state index contributed by atoms with van der Waals surface area (Å²) in [5.41, 5.74) is 0.0378. The molecule has 0 radical (unpaired) electrons. The van der Waals surface area contributed by atoms with Crippen molar-refractivity contribution >= 4 is 20.7 Å². The van der Waals surface area contributed by atoms with Gasteiger partial charge in [0.1, 0.15) is 0 Å². The van der Waals surface area contributed by atoms with Crippen molar-refractivity contribution in [2.45, 2.75) is 38.4 Å². The van der Waals surface area contributed by atoms with Crippen molar-refractivity contribution in [2.75, 3.05) is 0 Å². The molecule has 2 rings (SSSR count). The molecule has 0 amide bonds. The Morgan fingerprint density at radius 1 is 1.64 bits per heavy atom. The number of carbonyl (C=O) groups is 1. The molecular weight excluding hydrogens is 241 g/mol. The van der Waals surface area contributed by atoms with Crippen LogP contribution >= 0.6 is 0 Å². The fourth-order valence-corrected chi connectivity index (χ4v) is 5.14. The first-order valence-electron chi connectivity index (χ1n) is 5.09. The SMILES string of the molecule is CC12CCC(CC1=O)C2(C)C[Se]C#N. The molecule has 14 heavy (non-hydrogen) atoms. The van der Waals surface area contributed by atoms with Gasteiger partial charge in [-0.2, -0.15) is 0 Å². The molecule has 0 saturated heterocycles. The van der Waals surface area contributed by atoms with E-state index in [0.717, 1.165) is 18.2 Å². The Morgan fingerprint density at radius 3 is 2.79 bits per heavy atom. The van der Waals surface area contributed by atoms with Gasteiger partial charge in [0.2, 0.25) is 0 Å². The first-order valence-corrected chi connectivity index (χ1v) is 7.15. The van der Waals surface area contributed by atoms with Crippen LogP contribution in [0.3, 0.4) is 0 Å². The molecule has 76 valence electrons. The predicted octanol–water partition coefficient (Wildman–Crippen LogP) is 1.99. The van der Waals surface area contributed by atoms with Crippen LogP contribution in [0.1, 0.15) is 33.1 Å². The zero-order valence-electron chi connectivity index (χ0n) is 8.67. The van der Waals surface area contributed by atoms with Crippen molar-refractivity contribution in [3.05, 3.63) is 0 Å². The summed E-state index contributed by atoms with van der Waals surface area (Å²) in [5, 5.41) is 9.64. The standard InChI is InChI=1S/C11H15NOSe/c1-10-4-3-8(5-9(10)13)11(10,2)6-14-7-12/h8H,3-6H2,1-2H3. The third kappa shape index (κ3) is 1.05. The summed E-state index contributed by atoms with van der Waals surface area (Å²) in [6.45, 7) is 4.35. The Kier molecular flexibility index (Phi) is 2.25. The zero-order valence-corrected chi connectivity index (χ0v) is 10.4. The van der Waals surface area contributed by atoms with E-state index in [2.05, 4.69) is 18.8 Å². The molecule has 0 aromatic carbocycles.